The molecule has 0 amide bonds. The van der Waals surface area contributed by atoms with Crippen molar-refractivity contribution in [1.82, 2.24) is 4.90 Å². The number of hydrogen-bond acceptors (Lipinski definition) is 4. The van der Waals surface area contributed by atoms with Gasteiger partial charge in [0.05, 0.1) is 19.6 Å². The predicted molar refractivity (Wildman–Crippen MR) is 143 cm³/mol. The lowest BCUT2D eigenvalue weighted by atomic mass is 10.1. The molecule has 0 heterocycles. The van der Waals surface area contributed by atoms with Crippen LogP contribution in [0.1, 0.15) is 136 Å². The molecular weight excluding hydrogens is 426 g/mol. The molecule has 5 nitrogen and oxygen atoms in total. The summed E-state index contributed by atoms with van der Waals surface area (Å²) in [5, 5.41) is 9.17. The van der Waals surface area contributed by atoms with Gasteiger partial charge in [0, 0.05) is 6.54 Å². The van der Waals surface area contributed by atoms with Gasteiger partial charge in [0.15, 0.2) is 0 Å². The molecule has 200 valence electrons. The van der Waals surface area contributed by atoms with Gasteiger partial charge in [-0.15, -0.1) is 0 Å². The highest BCUT2D eigenvalue weighted by molar-refractivity contribution is 5.71. The van der Waals surface area contributed by atoms with Crippen molar-refractivity contribution in [2.24, 2.45) is 0 Å². The van der Waals surface area contributed by atoms with Gasteiger partial charge in [-0.25, -0.2) is 0 Å². The number of carboxylic acids is 1. The van der Waals surface area contributed by atoms with Crippen molar-refractivity contribution in [1.29, 1.82) is 0 Å². The second kappa shape index (κ2) is 26.2. The van der Waals surface area contributed by atoms with Crippen LogP contribution in [0, 0.1) is 0 Å². The fraction of sp³-hybridized carbons (Fsp3) is 0.862. The highest BCUT2D eigenvalue weighted by atomic mass is 16.5. The fourth-order valence-corrected chi connectivity index (χ4v) is 4.16. The summed E-state index contributed by atoms with van der Waals surface area (Å²) in [5.41, 5.74) is 0. The Kier molecular flexibility index (Phi) is 25.2. The van der Waals surface area contributed by atoms with Gasteiger partial charge in [0.2, 0.25) is 0 Å². The van der Waals surface area contributed by atoms with Crippen molar-refractivity contribution in [2.45, 2.75) is 136 Å². The third-order valence-electron chi connectivity index (χ3n) is 6.24. The molecule has 0 radical (unpaired) electrons. The molecule has 0 aliphatic carbocycles. The van der Waals surface area contributed by atoms with Crippen molar-refractivity contribution >= 4 is 11.9 Å². The van der Waals surface area contributed by atoms with Gasteiger partial charge in [-0.1, -0.05) is 116 Å². The van der Waals surface area contributed by atoms with E-state index in [1.54, 1.807) is 0 Å². The number of hydrogen-bond donors (Lipinski definition) is 1. The summed E-state index contributed by atoms with van der Waals surface area (Å²) in [6.07, 6.45) is 26.6. The molecule has 0 spiro atoms. The van der Waals surface area contributed by atoms with Gasteiger partial charge in [-0.05, 0) is 32.2 Å². The van der Waals surface area contributed by atoms with Crippen LogP contribution >= 0.6 is 0 Å². The number of ether oxygens (including phenoxy) is 1. The van der Waals surface area contributed by atoms with Crippen LogP contribution < -0.4 is 0 Å². The van der Waals surface area contributed by atoms with E-state index in [1.165, 1.54) is 89.9 Å². The Morgan fingerprint density at radius 1 is 0.676 bits per heavy atom. The molecule has 0 saturated heterocycles. The number of rotatable bonds is 26. The minimum Gasteiger partial charge on any atom is -0.480 e. The molecule has 0 aliphatic rings. The Labute approximate surface area is 210 Å². The average Bonchev–Trinajstić information content (AvgIpc) is 2.81. The van der Waals surface area contributed by atoms with Gasteiger partial charge < -0.3 is 9.84 Å². The maximum atomic E-state index is 11.8. The van der Waals surface area contributed by atoms with Crippen LogP contribution in [0.2, 0.25) is 0 Å². The number of esters is 1. The standard InChI is InChI=1S/C29H55NO4/c1-3-5-7-9-11-12-13-14-15-17-19-21-24-30(27-28(31)32)25-22-26-34-29(33)23-20-18-16-10-8-6-4-2/h18,20H,3-17,19,21-27H2,1-2H3,(H,31,32)/b20-18-. The number of unbranched alkanes of at least 4 members (excludes halogenated alkanes) is 15. The summed E-state index contributed by atoms with van der Waals surface area (Å²) in [5.74, 6) is -0.990. The first kappa shape index (κ1) is 32.6. The van der Waals surface area contributed by atoms with E-state index in [9.17, 15) is 14.7 Å². The zero-order valence-corrected chi connectivity index (χ0v) is 22.5. The first-order valence-electron chi connectivity index (χ1n) is 14.3. The lowest BCUT2D eigenvalue weighted by Crippen LogP contribution is -2.32. The lowest BCUT2D eigenvalue weighted by Gasteiger charge is -2.20. The summed E-state index contributed by atoms with van der Waals surface area (Å²) in [6, 6.07) is 0. The van der Waals surface area contributed by atoms with Gasteiger partial charge in [-0.2, -0.15) is 0 Å². The monoisotopic (exact) mass is 481 g/mol. The molecule has 1 N–H and O–H groups in total. The third kappa shape index (κ3) is 25.3. The van der Waals surface area contributed by atoms with Crippen molar-refractivity contribution in [3.63, 3.8) is 0 Å². The Morgan fingerprint density at radius 3 is 1.74 bits per heavy atom. The molecule has 0 bridgehead atoms. The van der Waals surface area contributed by atoms with Crippen LogP contribution in [0.25, 0.3) is 0 Å². The molecule has 0 atom stereocenters. The molecule has 0 saturated carbocycles. The van der Waals surface area contributed by atoms with Crippen LogP contribution in [0.5, 0.6) is 0 Å². The topological polar surface area (TPSA) is 66.8 Å². The van der Waals surface area contributed by atoms with E-state index in [1.807, 2.05) is 11.0 Å². The Morgan fingerprint density at radius 2 is 1.18 bits per heavy atom. The lowest BCUT2D eigenvalue weighted by molar-refractivity contribution is -0.143. The normalized spacial score (nSPS) is 11.5. The average molecular weight is 482 g/mol. The van der Waals surface area contributed by atoms with E-state index >= 15 is 0 Å². The first-order valence-corrected chi connectivity index (χ1v) is 14.3. The Hall–Kier alpha value is -1.36. The van der Waals surface area contributed by atoms with E-state index < -0.39 is 5.97 Å². The number of carbonyl (C=O) groups excluding carboxylic acids is 1. The van der Waals surface area contributed by atoms with Crippen LogP contribution in [0.3, 0.4) is 0 Å². The summed E-state index contributed by atoms with van der Waals surface area (Å²) in [7, 11) is 0. The van der Waals surface area contributed by atoms with Crippen molar-refractivity contribution < 1.29 is 19.4 Å². The summed E-state index contributed by atoms with van der Waals surface area (Å²) in [4.78, 5) is 25.0. The number of carbonyl (C=O) groups is 2. The smallest absolute Gasteiger partial charge is 0.317 e. The molecule has 0 aliphatic heterocycles. The number of carboxylic acid groups (broad SMARTS) is 1. The molecular formula is C29H55NO4. The Bertz CT molecular complexity index is 493. The fourth-order valence-electron chi connectivity index (χ4n) is 4.16. The van der Waals surface area contributed by atoms with Gasteiger partial charge in [-0.3, -0.25) is 14.5 Å². The molecule has 0 rings (SSSR count). The number of aliphatic carboxylic acids is 1. The summed E-state index contributed by atoms with van der Waals surface area (Å²) in [6.45, 7) is 6.34. The molecule has 34 heavy (non-hydrogen) atoms. The highest BCUT2D eigenvalue weighted by Crippen LogP contribution is 2.12. The summed E-state index contributed by atoms with van der Waals surface area (Å²) >= 11 is 0. The maximum Gasteiger partial charge on any atom is 0.317 e. The van der Waals surface area contributed by atoms with E-state index in [-0.39, 0.29) is 12.5 Å². The second-order valence-electron chi connectivity index (χ2n) is 9.66. The minimum absolute atomic E-state index is 0.0622. The van der Waals surface area contributed by atoms with Gasteiger partial charge in [0.1, 0.15) is 0 Å². The molecule has 5 heteroatoms. The van der Waals surface area contributed by atoms with E-state index in [0.29, 0.717) is 26.0 Å². The van der Waals surface area contributed by atoms with E-state index in [2.05, 4.69) is 19.9 Å². The molecule has 0 aromatic heterocycles. The zero-order valence-electron chi connectivity index (χ0n) is 22.5. The van der Waals surface area contributed by atoms with E-state index in [4.69, 9.17) is 4.74 Å². The van der Waals surface area contributed by atoms with Crippen molar-refractivity contribution in [3.8, 4) is 0 Å². The predicted octanol–water partition coefficient (Wildman–Crippen LogP) is 7.92. The molecule has 0 unspecified atom stereocenters. The van der Waals surface area contributed by atoms with Crippen LogP contribution in [0.4, 0.5) is 0 Å². The second-order valence-corrected chi connectivity index (χ2v) is 9.66. The maximum absolute atomic E-state index is 11.8. The quantitative estimate of drug-likeness (QED) is 0.0772. The first-order chi connectivity index (χ1) is 16.6. The molecule has 0 aromatic carbocycles. The number of nitrogens with zero attached hydrogens (tertiary/aromatic N) is 1. The third-order valence-corrected chi connectivity index (χ3v) is 6.24. The van der Waals surface area contributed by atoms with Gasteiger partial charge in [0.25, 0.3) is 0 Å². The molecule has 0 fully saturated rings. The number of allylic oxidation sites excluding steroid dienone is 1. The van der Waals surface area contributed by atoms with Crippen molar-refractivity contribution in [3.05, 3.63) is 12.2 Å². The largest absolute Gasteiger partial charge is 0.480 e. The highest BCUT2D eigenvalue weighted by Gasteiger charge is 2.10. The minimum atomic E-state index is -0.792. The van der Waals surface area contributed by atoms with Crippen LogP contribution in [0.15, 0.2) is 12.2 Å². The van der Waals surface area contributed by atoms with E-state index in [0.717, 1.165) is 25.8 Å². The summed E-state index contributed by atoms with van der Waals surface area (Å²) < 4.78 is 5.30. The Balaban J connectivity index is 3.72. The van der Waals surface area contributed by atoms with Crippen LogP contribution in [-0.2, 0) is 14.3 Å². The zero-order chi connectivity index (χ0) is 25.1. The molecule has 0 aromatic rings. The van der Waals surface area contributed by atoms with Gasteiger partial charge >= 0.3 is 11.9 Å². The SMILES string of the molecule is CCCCCC/C=C\CC(=O)OCCCN(CCCCCCCCCCCCCC)CC(=O)O. The van der Waals surface area contributed by atoms with Crippen LogP contribution in [-0.4, -0.2) is 48.2 Å². The van der Waals surface area contributed by atoms with Crippen molar-refractivity contribution in [2.75, 3.05) is 26.2 Å².